The molecule has 2 heterocycles. The van der Waals surface area contributed by atoms with Crippen LogP contribution in [-0.2, 0) is 11.3 Å². The molecule has 0 saturated carbocycles. The molecule has 1 amide bonds. The number of allylic oxidation sites excluding steroid dienone is 1. The minimum Gasteiger partial charge on any atom is -0.350 e. The lowest BCUT2D eigenvalue weighted by Gasteiger charge is -2.14. The molecule has 3 aromatic rings. The quantitative estimate of drug-likeness (QED) is 0.336. The molecule has 0 aliphatic rings. The van der Waals surface area contributed by atoms with Gasteiger partial charge in [-0.15, -0.1) is 0 Å². The summed E-state index contributed by atoms with van der Waals surface area (Å²) in [6, 6.07) is 11.4. The zero-order chi connectivity index (χ0) is 27.0. The number of pyridine rings is 1. The fraction of sp³-hybridized carbons (Fsp3) is 0.333. The van der Waals surface area contributed by atoms with Crippen LogP contribution in [0.15, 0.2) is 67.6 Å². The van der Waals surface area contributed by atoms with E-state index in [-0.39, 0.29) is 11.8 Å². The molecule has 1 atom stereocenters. The molecule has 0 radical (unpaired) electrons. The molecule has 0 aliphatic carbocycles. The Morgan fingerprint density at radius 3 is 2.54 bits per heavy atom. The average molecular weight is 520 g/mol. The zero-order valence-electron chi connectivity index (χ0n) is 22.3. The van der Waals surface area contributed by atoms with E-state index >= 15 is 0 Å². The van der Waals surface area contributed by atoms with E-state index in [1.165, 1.54) is 5.57 Å². The summed E-state index contributed by atoms with van der Waals surface area (Å²) >= 11 is 6.13. The molecule has 196 valence electrons. The number of nitrogens with one attached hydrogen (secondary N) is 2. The number of carbonyl (C=O) groups excluding carboxylic acids is 1. The second-order valence-electron chi connectivity index (χ2n) is 8.82. The number of hydrogen-bond acceptors (Lipinski definition) is 5. The van der Waals surface area contributed by atoms with E-state index in [4.69, 9.17) is 11.6 Å². The zero-order valence-corrected chi connectivity index (χ0v) is 23.1. The maximum atomic E-state index is 11.9. The Balaban J connectivity index is 0.000000271. The molecule has 1 unspecified atom stereocenters. The summed E-state index contributed by atoms with van der Waals surface area (Å²) in [7, 11) is 0. The molecule has 7 heteroatoms. The molecule has 0 fully saturated rings. The van der Waals surface area contributed by atoms with E-state index < -0.39 is 0 Å². The maximum absolute atomic E-state index is 11.9. The smallest absolute Gasteiger partial charge is 0.227 e. The second kappa shape index (κ2) is 16.3. The van der Waals surface area contributed by atoms with Gasteiger partial charge in [0, 0.05) is 35.1 Å². The fourth-order valence-electron chi connectivity index (χ4n) is 3.57. The van der Waals surface area contributed by atoms with E-state index in [1.54, 1.807) is 18.5 Å². The first-order valence-electron chi connectivity index (χ1n) is 12.7. The minimum atomic E-state index is 0.115. The van der Waals surface area contributed by atoms with Crippen LogP contribution in [0.4, 0.5) is 11.6 Å². The van der Waals surface area contributed by atoms with Crippen LogP contribution in [-0.4, -0.2) is 20.9 Å². The van der Waals surface area contributed by atoms with Gasteiger partial charge in [-0.25, -0.2) is 9.97 Å². The molecule has 0 saturated heterocycles. The third-order valence-corrected chi connectivity index (χ3v) is 6.09. The third-order valence-electron chi connectivity index (χ3n) is 5.73. The highest BCUT2D eigenvalue weighted by molar-refractivity contribution is 6.31. The summed E-state index contributed by atoms with van der Waals surface area (Å²) < 4.78 is 0. The molecular formula is C30H38ClN5O. The van der Waals surface area contributed by atoms with Crippen LogP contribution in [0.3, 0.4) is 0 Å². The molecule has 1 aromatic carbocycles. The number of halogens is 1. The van der Waals surface area contributed by atoms with E-state index in [0.29, 0.717) is 12.5 Å². The average Bonchev–Trinajstić information content (AvgIpc) is 2.90. The highest BCUT2D eigenvalue weighted by Crippen LogP contribution is 2.16. The highest BCUT2D eigenvalue weighted by atomic mass is 35.5. The van der Waals surface area contributed by atoms with Crippen molar-refractivity contribution in [1.82, 2.24) is 15.0 Å². The Hall–Kier alpha value is -3.51. The fourth-order valence-corrected chi connectivity index (χ4v) is 3.77. The van der Waals surface area contributed by atoms with E-state index in [1.807, 2.05) is 62.5 Å². The summed E-state index contributed by atoms with van der Waals surface area (Å²) in [5.41, 5.74) is 2.96. The van der Waals surface area contributed by atoms with Crippen molar-refractivity contribution in [2.24, 2.45) is 5.92 Å². The molecule has 2 aromatic heterocycles. The van der Waals surface area contributed by atoms with Crippen molar-refractivity contribution in [3.8, 4) is 0 Å². The van der Waals surface area contributed by atoms with Gasteiger partial charge in [-0.3, -0.25) is 9.78 Å². The molecule has 0 aliphatic heterocycles. The Bertz CT molecular complexity index is 1260. The van der Waals surface area contributed by atoms with Gasteiger partial charge in [0.25, 0.3) is 0 Å². The molecule has 3 rings (SSSR count). The topological polar surface area (TPSA) is 79.8 Å². The SMILES string of the molecule is C=C/C=c1/nc(NCc2ccccc2Cl)ncc1=C(C)C.CCCCC(CC)C(=O)Nc1cccnc1. The molecule has 2 N–H and O–H groups in total. The van der Waals surface area contributed by atoms with E-state index in [0.717, 1.165) is 52.5 Å². The van der Waals surface area contributed by atoms with Crippen LogP contribution in [0.2, 0.25) is 5.02 Å². The lowest BCUT2D eigenvalue weighted by atomic mass is 9.98. The predicted molar refractivity (Wildman–Crippen MR) is 156 cm³/mol. The number of benzene rings is 1. The van der Waals surface area contributed by atoms with Crippen LogP contribution in [0.25, 0.3) is 11.6 Å². The van der Waals surface area contributed by atoms with Crippen LogP contribution < -0.4 is 21.2 Å². The Kier molecular flexibility index (Phi) is 13.1. The number of aromatic nitrogens is 3. The first-order valence-corrected chi connectivity index (χ1v) is 13.1. The van der Waals surface area contributed by atoms with Crippen LogP contribution >= 0.6 is 11.6 Å². The Morgan fingerprint density at radius 2 is 1.92 bits per heavy atom. The summed E-state index contributed by atoms with van der Waals surface area (Å²) in [4.78, 5) is 24.7. The maximum Gasteiger partial charge on any atom is 0.227 e. The van der Waals surface area contributed by atoms with Gasteiger partial charge in [0.05, 0.1) is 17.2 Å². The highest BCUT2D eigenvalue weighted by Gasteiger charge is 2.15. The molecule has 6 nitrogen and oxygen atoms in total. The van der Waals surface area contributed by atoms with E-state index in [9.17, 15) is 4.79 Å². The minimum absolute atomic E-state index is 0.115. The van der Waals surface area contributed by atoms with Crippen LogP contribution in [0, 0.1) is 5.92 Å². The first-order chi connectivity index (χ1) is 17.9. The van der Waals surface area contributed by atoms with Gasteiger partial charge < -0.3 is 10.6 Å². The van der Waals surface area contributed by atoms with Gasteiger partial charge in [0.15, 0.2) is 0 Å². The standard InChI is InChI=1S/C17H18ClN3.C13H20N2O/c1-4-7-16-14(12(2)3)11-20-17(21-16)19-10-13-8-5-6-9-15(13)18;1-3-5-7-11(4-2)13(16)15-12-8-6-9-14-10-12/h4-9,11H,1,10H2,2-3H3,(H,19,21);6,8-11H,3-5,7H2,1-2H3,(H,15,16)/b16-7+;. The van der Waals surface area contributed by atoms with Gasteiger partial charge in [-0.1, -0.05) is 74.7 Å². The number of anilines is 2. The Morgan fingerprint density at radius 1 is 1.14 bits per heavy atom. The van der Waals surface area contributed by atoms with Crippen molar-refractivity contribution >= 4 is 40.8 Å². The normalized spacial score (nSPS) is 11.6. The van der Waals surface area contributed by atoms with Gasteiger partial charge in [0.2, 0.25) is 11.9 Å². The number of carbonyl (C=O) groups is 1. The molecule has 0 bridgehead atoms. The number of nitrogens with zero attached hydrogens (tertiary/aromatic N) is 3. The molecule has 37 heavy (non-hydrogen) atoms. The number of hydrogen-bond donors (Lipinski definition) is 2. The van der Waals surface area contributed by atoms with Crippen molar-refractivity contribution < 1.29 is 4.79 Å². The third kappa shape index (κ3) is 10.2. The lowest BCUT2D eigenvalue weighted by molar-refractivity contribution is -0.120. The monoisotopic (exact) mass is 519 g/mol. The van der Waals surface area contributed by atoms with Crippen molar-refractivity contribution in [2.75, 3.05) is 10.6 Å². The summed E-state index contributed by atoms with van der Waals surface area (Å²) in [6.07, 6.45) is 12.9. The summed E-state index contributed by atoms with van der Waals surface area (Å²) in [5, 5.41) is 8.72. The Labute approximate surface area is 225 Å². The largest absolute Gasteiger partial charge is 0.350 e. The number of rotatable bonds is 10. The van der Waals surface area contributed by atoms with Crippen molar-refractivity contribution in [3.05, 3.63) is 88.8 Å². The van der Waals surface area contributed by atoms with Crippen LogP contribution in [0.5, 0.6) is 0 Å². The van der Waals surface area contributed by atoms with Crippen LogP contribution in [0.1, 0.15) is 58.9 Å². The molecule has 0 spiro atoms. The van der Waals surface area contributed by atoms with Crippen molar-refractivity contribution in [1.29, 1.82) is 0 Å². The summed E-state index contributed by atoms with van der Waals surface area (Å²) in [5.74, 6) is 0.817. The van der Waals surface area contributed by atoms with Gasteiger partial charge >= 0.3 is 0 Å². The van der Waals surface area contributed by atoms with Gasteiger partial charge in [-0.05, 0) is 56.5 Å². The first kappa shape index (κ1) is 29.7. The number of amides is 1. The number of unbranched alkanes of at least 4 members (excludes halogenated alkanes) is 1. The van der Waals surface area contributed by atoms with E-state index in [2.05, 4.69) is 46.0 Å². The summed E-state index contributed by atoms with van der Waals surface area (Å²) in [6.45, 7) is 12.6. The lowest BCUT2D eigenvalue weighted by Crippen LogP contribution is -2.31. The van der Waals surface area contributed by atoms with Gasteiger partial charge in [0.1, 0.15) is 0 Å². The van der Waals surface area contributed by atoms with Crippen molar-refractivity contribution in [2.45, 2.75) is 59.9 Å². The van der Waals surface area contributed by atoms with Crippen molar-refractivity contribution in [3.63, 3.8) is 0 Å². The van der Waals surface area contributed by atoms with Gasteiger partial charge in [-0.2, -0.15) is 0 Å². The predicted octanol–water partition coefficient (Wildman–Crippen LogP) is 6.14. The second-order valence-corrected chi connectivity index (χ2v) is 9.23. The molecular weight excluding hydrogens is 482 g/mol.